The van der Waals surface area contributed by atoms with E-state index in [0.717, 1.165) is 24.0 Å². The van der Waals surface area contributed by atoms with E-state index in [1.807, 2.05) is 0 Å². The smallest absolute Gasteiger partial charge is 0.534 e. The van der Waals surface area contributed by atoms with Crippen LogP contribution in [0.25, 0.3) is 0 Å². The summed E-state index contributed by atoms with van der Waals surface area (Å²) in [5.74, 6) is -19.4. The Hall–Kier alpha value is -6.78. The number of nitrogens with zero attached hydrogens (tertiary/aromatic N) is 2. The Balaban J connectivity index is 1.27. The Morgan fingerprint density at radius 2 is 1.64 bits per heavy atom. The van der Waals surface area contributed by atoms with Crippen molar-refractivity contribution in [3.05, 3.63) is 75.4 Å². The number of rotatable bonds is 10. The van der Waals surface area contributed by atoms with Crippen molar-refractivity contribution in [1.82, 2.24) is 25.8 Å². The van der Waals surface area contributed by atoms with Gasteiger partial charge in [0.25, 0.3) is 5.91 Å². The number of nitrogens with one attached hydrogen (secondary N) is 3. The number of piperazine rings is 1. The third-order valence-electron chi connectivity index (χ3n) is 8.96. The number of hydrogen-bond acceptors (Lipinski definition) is 12. The molecule has 2 atom stereocenters. The van der Waals surface area contributed by atoms with Crippen LogP contribution in [0, 0.1) is 30.2 Å². The zero-order valence-corrected chi connectivity index (χ0v) is 28.7. The quantitative estimate of drug-likeness (QED) is 0.0444. The third kappa shape index (κ3) is 7.73. The molecule has 0 saturated carbocycles. The molecule has 0 bridgehead atoms. The van der Waals surface area contributed by atoms with Gasteiger partial charge in [-0.25, -0.2) is 22.8 Å². The number of fused-ring (bicyclic) bond motifs is 1. The summed E-state index contributed by atoms with van der Waals surface area (Å²) in [5, 5.41) is 65.8. The van der Waals surface area contributed by atoms with Crippen molar-refractivity contribution < 1.29 is 81.5 Å². The molecule has 2 heterocycles. The number of urea groups is 1. The van der Waals surface area contributed by atoms with Crippen molar-refractivity contribution >= 4 is 42.7 Å². The first-order valence-corrected chi connectivity index (χ1v) is 16.3. The van der Waals surface area contributed by atoms with E-state index in [0.29, 0.717) is 17.0 Å². The van der Waals surface area contributed by atoms with Crippen molar-refractivity contribution in [3.63, 3.8) is 0 Å². The summed E-state index contributed by atoms with van der Waals surface area (Å²) in [6, 6.07) is -0.338. The first-order chi connectivity index (χ1) is 26.3. The minimum atomic E-state index is -2.00. The Kier molecular flexibility index (Phi) is 11.5. The van der Waals surface area contributed by atoms with Crippen molar-refractivity contribution in [3.8, 4) is 28.7 Å². The normalized spacial score (nSPS) is 15.8. The Bertz CT molecular complexity index is 2180. The highest BCUT2D eigenvalue weighted by Crippen LogP contribution is 2.37. The molecule has 296 valence electrons. The average molecular weight is 791 g/mol. The van der Waals surface area contributed by atoms with Crippen LogP contribution < -0.4 is 20.6 Å². The number of amides is 6. The fraction of sp³-hybridized carbons (Fsp3) is 0.273. The van der Waals surface area contributed by atoms with Crippen molar-refractivity contribution in [2.45, 2.75) is 31.7 Å². The standard InChI is InChI=1S/C33H30BF4N5O13/c1-12-14(10-17(36)25(46)24(12)45)23(29(49)40-19-9-13-3-4-16(35)20(32(52)53)27(13)56-34(19)55)41-33(54)43-8-7-42(30(50)31(43)51)6-2-5-39-28(48)15-11-18(44)22(38)26(47)21(15)37/h3-4,10-11,19,23,44-47,55H,2,5-9H2,1H3,(H,39,48)(H,40,49)(H,41,54)(H,52,53)/t19-,23?/m0/s1. The first-order valence-electron chi connectivity index (χ1n) is 16.3. The van der Waals surface area contributed by atoms with Crippen LogP contribution in [0.3, 0.4) is 0 Å². The first kappa shape index (κ1) is 40.4. The maximum atomic E-state index is 14.7. The molecular formula is C33H30BF4N5O13. The molecule has 56 heavy (non-hydrogen) atoms. The van der Waals surface area contributed by atoms with Crippen LogP contribution in [-0.4, -0.2) is 115 Å². The molecule has 2 aliphatic rings. The highest BCUT2D eigenvalue weighted by atomic mass is 19.1. The van der Waals surface area contributed by atoms with E-state index in [1.165, 1.54) is 0 Å². The van der Waals surface area contributed by atoms with Crippen LogP contribution in [-0.2, 0) is 20.8 Å². The number of phenolic OH excluding ortho intramolecular Hbond substituents is 4. The Morgan fingerprint density at radius 3 is 2.32 bits per heavy atom. The van der Waals surface area contributed by atoms with Gasteiger partial charge in [0.1, 0.15) is 23.2 Å². The number of imide groups is 1. The zero-order chi connectivity index (χ0) is 41.3. The second kappa shape index (κ2) is 15.9. The maximum Gasteiger partial charge on any atom is 0.547 e. The summed E-state index contributed by atoms with van der Waals surface area (Å²) in [4.78, 5) is 78.5. The lowest BCUT2D eigenvalue weighted by Crippen LogP contribution is -2.60. The minimum absolute atomic E-state index is 0.0388. The number of aromatic carboxylic acids is 1. The second-order valence-electron chi connectivity index (χ2n) is 12.5. The number of halogens is 4. The molecule has 1 unspecified atom stereocenters. The molecule has 3 aromatic carbocycles. The highest BCUT2D eigenvalue weighted by molar-refractivity contribution is 6.47. The number of phenols is 4. The van der Waals surface area contributed by atoms with Crippen LogP contribution in [0.4, 0.5) is 22.4 Å². The Labute approximate surface area is 312 Å². The summed E-state index contributed by atoms with van der Waals surface area (Å²) in [6.45, 7) is -0.00936. The van der Waals surface area contributed by atoms with Crippen molar-refractivity contribution in [1.29, 1.82) is 0 Å². The molecule has 0 radical (unpaired) electrons. The van der Waals surface area contributed by atoms with E-state index in [4.69, 9.17) is 4.65 Å². The molecule has 0 aromatic heterocycles. The molecule has 1 saturated heterocycles. The predicted octanol–water partition coefficient (Wildman–Crippen LogP) is 0.453. The van der Waals surface area contributed by atoms with Crippen LogP contribution in [0.2, 0.25) is 0 Å². The number of carboxylic acid groups (broad SMARTS) is 1. The fourth-order valence-electron chi connectivity index (χ4n) is 5.97. The largest absolute Gasteiger partial charge is 0.547 e. The monoisotopic (exact) mass is 791 g/mol. The lowest BCUT2D eigenvalue weighted by Gasteiger charge is -2.34. The zero-order valence-electron chi connectivity index (χ0n) is 28.7. The fourth-order valence-corrected chi connectivity index (χ4v) is 5.97. The summed E-state index contributed by atoms with van der Waals surface area (Å²) in [6.07, 6.45) is -0.379. The van der Waals surface area contributed by atoms with E-state index in [-0.39, 0.29) is 43.6 Å². The van der Waals surface area contributed by atoms with Crippen LogP contribution in [0.15, 0.2) is 24.3 Å². The van der Waals surface area contributed by atoms with Crippen molar-refractivity contribution in [2.75, 3.05) is 26.2 Å². The maximum absolute atomic E-state index is 14.7. The van der Waals surface area contributed by atoms with Gasteiger partial charge in [0.05, 0.1) is 11.5 Å². The van der Waals surface area contributed by atoms with Gasteiger partial charge < -0.3 is 56.1 Å². The molecule has 5 rings (SSSR count). The number of carbonyl (C=O) groups is 6. The molecule has 9 N–H and O–H groups in total. The number of benzene rings is 3. The van der Waals surface area contributed by atoms with E-state index >= 15 is 0 Å². The van der Waals surface area contributed by atoms with Gasteiger partial charge in [-0.05, 0) is 49.1 Å². The van der Waals surface area contributed by atoms with Gasteiger partial charge in [0, 0.05) is 31.7 Å². The lowest BCUT2D eigenvalue weighted by atomic mass is 9.72. The van der Waals surface area contributed by atoms with E-state index in [9.17, 15) is 76.9 Å². The summed E-state index contributed by atoms with van der Waals surface area (Å²) < 4.78 is 61.6. The molecule has 1 fully saturated rings. The van der Waals surface area contributed by atoms with Crippen LogP contribution in [0.1, 0.15) is 49.9 Å². The van der Waals surface area contributed by atoms with E-state index in [2.05, 4.69) is 16.0 Å². The summed E-state index contributed by atoms with van der Waals surface area (Å²) in [7, 11) is -1.99. The SMILES string of the molecule is Cc1c(C(NC(=O)N2CCN(CCCNC(=O)c3cc(O)c(F)c(O)c3F)C(=O)C2=O)C(=O)N[C@H]2Cc3ccc(F)c(C(=O)O)c3OB2O)cc(F)c(O)c1O. The summed E-state index contributed by atoms with van der Waals surface area (Å²) in [5.41, 5.74) is -2.46. The van der Waals surface area contributed by atoms with Crippen molar-refractivity contribution in [2.24, 2.45) is 0 Å². The van der Waals surface area contributed by atoms with Gasteiger partial charge in [0.15, 0.2) is 34.6 Å². The molecular weight excluding hydrogens is 761 g/mol. The third-order valence-corrected chi connectivity index (χ3v) is 8.96. The van der Waals surface area contributed by atoms with Gasteiger partial charge in [-0.15, -0.1) is 0 Å². The van der Waals surface area contributed by atoms with Crippen LogP contribution >= 0.6 is 0 Å². The van der Waals surface area contributed by atoms with Gasteiger partial charge in [-0.2, -0.15) is 4.39 Å². The van der Waals surface area contributed by atoms with Crippen LogP contribution in [0.5, 0.6) is 28.7 Å². The highest BCUT2D eigenvalue weighted by Gasteiger charge is 2.42. The van der Waals surface area contributed by atoms with Gasteiger partial charge in [0.2, 0.25) is 11.7 Å². The van der Waals surface area contributed by atoms with Gasteiger partial charge in [-0.3, -0.25) is 24.1 Å². The molecule has 2 aliphatic heterocycles. The minimum Gasteiger partial charge on any atom is -0.534 e. The number of aromatic hydroxyl groups is 4. The predicted molar refractivity (Wildman–Crippen MR) is 178 cm³/mol. The number of carbonyl (C=O) groups excluding carboxylic acids is 5. The number of carboxylic acids is 1. The topological polar surface area (TPSA) is 276 Å². The second-order valence-corrected chi connectivity index (χ2v) is 12.5. The molecule has 6 amide bonds. The van der Waals surface area contributed by atoms with Gasteiger partial charge in [-0.1, -0.05) is 6.07 Å². The molecule has 0 aliphatic carbocycles. The van der Waals surface area contributed by atoms with Gasteiger partial charge >= 0.3 is 30.9 Å². The lowest BCUT2D eigenvalue weighted by molar-refractivity contribution is -0.153. The average Bonchev–Trinajstić information content (AvgIpc) is 3.15. The Morgan fingerprint density at radius 1 is 0.946 bits per heavy atom. The molecule has 3 aromatic rings. The summed E-state index contributed by atoms with van der Waals surface area (Å²) >= 11 is 0. The number of hydrogen-bond donors (Lipinski definition) is 9. The molecule has 18 nitrogen and oxygen atoms in total. The van der Waals surface area contributed by atoms with E-state index in [1.54, 1.807) is 0 Å². The molecule has 23 heteroatoms. The molecule has 0 spiro atoms. The van der Waals surface area contributed by atoms with E-state index < -0.39 is 130 Å².